The van der Waals surface area contributed by atoms with Gasteiger partial charge < -0.3 is 25.4 Å². The molecular weight excluding hydrogens is 364 g/mol. The van der Waals surface area contributed by atoms with Gasteiger partial charge in [0.25, 0.3) is 0 Å². The number of rotatable bonds is 15. The van der Waals surface area contributed by atoms with Crippen molar-refractivity contribution in [3.63, 3.8) is 0 Å². The summed E-state index contributed by atoms with van der Waals surface area (Å²) in [5.41, 5.74) is 1.09. The standard InChI is InChI=1S/C23H42N4O2/c1-5-11-20(14-16-28)18-25-23(24-6-2)26-19-21-12-9-10-13-22(21)29-17-15-27(7-3)8-4/h9-10,12-13,20,28H,5-8,11,14-19H2,1-4H3,(H2,24,25,26). The first-order valence-electron chi connectivity index (χ1n) is 11.2. The monoisotopic (exact) mass is 406 g/mol. The van der Waals surface area contributed by atoms with Crippen molar-refractivity contribution >= 4 is 5.96 Å². The number of aliphatic imine (C=N–C) groups is 1. The molecule has 0 amide bonds. The van der Waals surface area contributed by atoms with Gasteiger partial charge >= 0.3 is 0 Å². The second kappa shape index (κ2) is 16.1. The number of ether oxygens (including phenoxy) is 1. The SMILES string of the molecule is CCCC(CCO)CNC(=NCc1ccccc1OCCN(CC)CC)NCC. The van der Waals surface area contributed by atoms with E-state index >= 15 is 0 Å². The molecule has 0 radical (unpaired) electrons. The Kier molecular flexibility index (Phi) is 14.0. The van der Waals surface area contributed by atoms with Gasteiger partial charge in [0.1, 0.15) is 12.4 Å². The number of para-hydroxylation sites is 1. The molecule has 0 aliphatic carbocycles. The van der Waals surface area contributed by atoms with Crippen LogP contribution in [0.15, 0.2) is 29.3 Å². The highest BCUT2D eigenvalue weighted by Gasteiger charge is 2.09. The third-order valence-corrected chi connectivity index (χ3v) is 5.08. The molecule has 0 aromatic heterocycles. The van der Waals surface area contributed by atoms with Crippen LogP contribution in [-0.2, 0) is 6.54 Å². The molecule has 0 aliphatic rings. The van der Waals surface area contributed by atoms with E-state index in [0.29, 0.717) is 19.1 Å². The van der Waals surface area contributed by atoms with Crippen LogP contribution in [0.25, 0.3) is 0 Å². The molecule has 0 saturated heterocycles. The predicted molar refractivity (Wildman–Crippen MR) is 123 cm³/mol. The van der Waals surface area contributed by atoms with Gasteiger partial charge in [-0.25, -0.2) is 4.99 Å². The maximum absolute atomic E-state index is 9.26. The summed E-state index contributed by atoms with van der Waals surface area (Å²) < 4.78 is 6.05. The zero-order valence-electron chi connectivity index (χ0n) is 18.9. The van der Waals surface area contributed by atoms with Crippen molar-refractivity contribution in [1.29, 1.82) is 0 Å². The summed E-state index contributed by atoms with van der Waals surface area (Å²) in [6, 6.07) is 8.13. The van der Waals surface area contributed by atoms with E-state index in [4.69, 9.17) is 9.73 Å². The molecule has 0 aliphatic heterocycles. The van der Waals surface area contributed by atoms with Crippen molar-refractivity contribution in [2.75, 3.05) is 45.9 Å². The average molecular weight is 407 g/mol. The van der Waals surface area contributed by atoms with E-state index in [1.165, 1.54) is 0 Å². The molecule has 6 heteroatoms. The first kappa shape index (κ1) is 25.2. The van der Waals surface area contributed by atoms with Gasteiger partial charge in [-0.05, 0) is 44.8 Å². The van der Waals surface area contributed by atoms with Crippen LogP contribution in [0.3, 0.4) is 0 Å². The number of hydrogen-bond donors (Lipinski definition) is 3. The lowest BCUT2D eigenvalue weighted by molar-refractivity contribution is 0.221. The molecule has 6 nitrogen and oxygen atoms in total. The summed E-state index contributed by atoms with van der Waals surface area (Å²) in [5.74, 6) is 2.18. The highest BCUT2D eigenvalue weighted by molar-refractivity contribution is 5.79. The normalized spacial score (nSPS) is 12.8. The summed E-state index contributed by atoms with van der Waals surface area (Å²) in [6.45, 7) is 14.7. The van der Waals surface area contributed by atoms with Gasteiger partial charge in [0.15, 0.2) is 5.96 Å². The van der Waals surface area contributed by atoms with Gasteiger partial charge in [-0.3, -0.25) is 0 Å². The molecule has 0 bridgehead atoms. The lowest BCUT2D eigenvalue weighted by Crippen LogP contribution is -2.40. The molecule has 166 valence electrons. The maximum Gasteiger partial charge on any atom is 0.191 e. The van der Waals surface area contributed by atoms with E-state index < -0.39 is 0 Å². The van der Waals surface area contributed by atoms with Crippen molar-refractivity contribution in [2.24, 2.45) is 10.9 Å². The van der Waals surface area contributed by atoms with Gasteiger partial charge in [-0.2, -0.15) is 0 Å². The fraction of sp³-hybridized carbons (Fsp3) is 0.696. The molecule has 1 atom stereocenters. The van der Waals surface area contributed by atoms with Gasteiger partial charge in [0.05, 0.1) is 6.54 Å². The molecule has 0 fully saturated rings. The molecule has 29 heavy (non-hydrogen) atoms. The minimum absolute atomic E-state index is 0.234. The Morgan fingerprint density at radius 3 is 2.52 bits per heavy atom. The van der Waals surface area contributed by atoms with Crippen LogP contribution >= 0.6 is 0 Å². The fourth-order valence-corrected chi connectivity index (χ4v) is 3.29. The second-order valence-corrected chi connectivity index (χ2v) is 7.23. The number of aliphatic hydroxyl groups excluding tert-OH is 1. The van der Waals surface area contributed by atoms with Crippen LogP contribution in [0.5, 0.6) is 5.75 Å². The topological polar surface area (TPSA) is 69.1 Å². The lowest BCUT2D eigenvalue weighted by Gasteiger charge is -2.19. The van der Waals surface area contributed by atoms with Gasteiger partial charge in [0.2, 0.25) is 0 Å². The number of likely N-dealkylation sites (N-methyl/N-ethyl adjacent to an activating group) is 1. The summed E-state index contributed by atoms with van der Waals surface area (Å²) >= 11 is 0. The van der Waals surface area contributed by atoms with Crippen LogP contribution in [0.1, 0.15) is 52.5 Å². The Morgan fingerprint density at radius 1 is 1.10 bits per heavy atom. The zero-order chi connectivity index (χ0) is 21.3. The average Bonchev–Trinajstić information content (AvgIpc) is 2.74. The molecule has 0 spiro atoms. The van der Waals surface area contributed by atoms with Crippen LogP contribution in [-0.4, -0.2) is 61.9 Å². The van der Waals surface area contributed by atoms with E-state index in [1.54, 1.807) is 0 Å². The molecule has 1 rings (SSSR count). The van der Waals surface area contributed by atoms with Crippen LogP contribution < -0.4 is 15.4 Å². The smallest absolute Gasteiger partial charge is 0.191 e. The quantitative estimate of drug-likeness (QED) is 0.308. The fourth-order valence-electron chi connectivity index (χ4n) is 3.29. The van der Waals surface area contributed by atoms with E-state index in [9.17, 15) is 5.11 Å². The number of nitrogens with zero attached hydrogens (tertiary/aromatic N) is 2. The van der Waals surface area contributed by atoms with E-state index in [1.807, 2.05) is 18.2 Å². The molecule has 1 aromatic carbocycles. The number of benzene rings is 1. The third-order valence-electron chi connectivity index (χ3n) is 5.08. The number of guanidine groups is 1. The van der Waals surface area contributed by atoms with Gasteiger partial charge in [0, 0.05) is 31.8 Å². The summed E-state index contributed by atoms with van der Waals surface area (Å²) in [7, 11) is 0. The Balaban J connectivity index is 2.68. The summed E-state index contributed by atoms with van der Waals surface area (Å²) in [5, 5.41) is 16.0. The highest BCUT2D eigenvalue weighted by atomic mass is 16.5. The minimum Gasteiger partial charge on any atom is -0.492 e. The Hall–Kier alpha value is -1.79. The molecule has 1 aromatic rings. The summed E-state index contributed by atoms with van der Waals surface area (Å²) in [6.07, 6.45) is 3.05. The second-order valence-electron chi connectivity index (χ2n) is 7.23. The van der Waals surface area contributed by atoms with Crippen molar-refractivity contribution in [2.45, 2.75) is 53.5 Å². The minimum atomic E-state index is 0.234. The summed E-state index contributed by atoms with van der Waals surface area (Å²) in [4.78, 5) is 7.11. The zero-order valence-corrected chi connectivity index (χ0v) is 18.9. The first-order chi connectivity index (χ1) is 14.2. The van der Waals surface area contributed by atoms with Crippen molar-refractivity contribution < 1.29 is 9.84 Å². The van der Waals surface area contributed by atoms with E-state index in [0.717, 1.165) is 69.3 Å². The highest BCUT2D eigenvalue weighted by Crippen LogP contribution is 2.19. The van der Waals surface area contributed by atoms with Crippen molar-refractivity contribution in [3.05, 3.63) is 29.8 Å². The van der Waals surface area contributed by atoms with Crippen molar-refractivity contribution in [1.82, 2.24) is 15.5 Å². The molecule has 3 N–H and O–H groups in total. The van der Waals surface area contributed by atoms with E-state index in [-0.39, 0.29) is 6.61 Å². The van der Waals surface area contributed by atoms with Crippen molar-refractivity contribution in [3.8, 4) is 5.75 Å². The molecular formula is C23H42N4O2. The number of hydrogen-bond acceptors (Lipinski definition) is 4. The Morgan fingerprint density at radius 2 is 1.86 bits per heavy atom. The van der Waals surface area contributed by atoms with Gasteiger partial charge in [-0.1, -0.05) is 45.4 Å². The largest absolute Gasteiger partial charge is 0.492 e. The molecule has 1 unspecified atom stereocenters. The Bertz CT molecular complexity index is 556. The van der Waals surface area contributed by atoms with Crippen LogP contribution in [0.4, 0.5) is 0 Å². The predicted octanol–water partition coefficient (Wildman–Crippen LogP) is 3.26. The first-order valence-corrected chi connectivity index (χ1v) is 11.2. The number of aliphatic hydroxyl groups is 1. The van der Waals surface area contributed by atoms with Gasteiger partial charge in [-0.15, -0.1) is 0 Å². The molecule has 0 heterocycles. The van der Waals surface area contributed by atoms with E-state index in [2.05, 4.69) is 49.3 Å². The van der Waals surface area contributed by atoms with Crippen LogP contribution in [0.2, 0.25) is 0 Å². The molecule has 0 saturated carbocycles. The van der Waals surface area contributed by atoms with Crippen LogP contribution in [0, 0.1) is 5.92 Å². The third kappa shape index (κ3) is 10.5. The lowest BCUT2D eigenvalue weighted by atomic mass is 10.0. The Labute approximate surface area is 177 Å². The number of nitrogens with one attached hydrogen (secondary N) is 2. The maximum atomic E-state index is 9.26.